The summed E-state index contributed by atoms with van der Waals surface area (Å²) in [5, 5.41) is 1.82. The van der Waals surface area contributed by atoms with Crippen LogP contribution in [0.3, 0.4) is 0 Å². The maximum Gasteiger partial charge on any atom is 0.262 e. The van der Waals surface area contributed by atoms with Crippen molar-refractivity contribution in [2.75, 3.05) is 19.0 Å². The number of para-hydroxylation sites is 1. The molecule has 146 valence electrons. The van der Waals surface area contributed by atoms with E-state index in [4.69, 9.17) is 26.1 Å². The zero-order chi connectivity index (χ0) is 19.3. The molecule has 0 bridgehead atoms. The van der Waals surface area contributed by atoms with Crippen molar-refractivity contribution < 1.29 is 9.47 Å². The number of nitrogens with zero attached hydrogens (tertiary/aromatic N) is 2. The van der Waals surface area contributed by atoms with Crippen molar-refractivity contribution in [1.29, 1.82) is 0 Å². The third kappa shape index (κ3) is 4.51. The fraction of sp³-hybridized carbons (Fsp3) is 0.333. The Morgan fingerprint density at radius 3 is 2.89 bits per heavy atom. The fourth-order valence-corrected chi connectivity index (χ4v) is 4.24. The zero-order valence-electron chi connectivity index (χ0n) is 15.3. The maximum atomic E-state index is 13.1. The number of rotatable bonds is 7. The van der Waals surface area contributed by atoms with Gasteiger partial charge in [-0.2, -0.15) is 0 Å². The summed E-state index contributed by atoms with van der Waals surface area (Å²) in [6, 6.07) is 14.9. The van der Waals surface area contributed by atoms with E-state index in [1.54, 1.807) is 22.8 Å². The van der Waals surface area contributed by atoms with Gasteiger partial charge in [0.25, 0.3) is 5.56 Å². The Balaban J connectivity index is 1.56. The summed E-state index contributed by atoms with van der Waals surface area (Å²) in [6.07, 6.45) is 2.06. The minimum absolute atomic E-state index is 0.0522. The number of hydrogen-bond acceptors (Lipinski definition) is 5. The lowest BCUT2D eigenvalue weighted by molar-refractivity contribution is 0.0937. The van der Waals surface area contributed by atoms with Crippen LogP contribution in [0.25, 0.3) is 10.9 Å². The van der Waals surface area contributed by atoms with E-state index in [9.17, 15) is 4.79 Å². The lowest BCUT2D eigenvalue weighted by Crippen LogP contribution is -2.29. The Morgan fingerprint density at radius 1 is 1.25 bits per heavy atom. The molecule has 0 radical (unpaired) electrons. The molecule has 1 saturated heterocycles. The summed E-state index contributed by atoms with van der Waals surface area (Å²) in [6.45, 7) is 1.80. The topological polar surface area (TPSA) is 53.3 Å². The molecule has 3 aromatic rings. The summed E-state index contributed by atoms with van der Waals surface area (Å²) in [7, 11) is 0. The van der Waals surface area contributed by atoms with Gasteiger partial charge in [-0.15, -0.1) is 0 Å². The van der Waals surface area contributed by atoms with Gasteiger partial charge in [0, 0.05) is 17.4 Å². The van der Waals surface area contributed by atoms with Crippen LogP contribution >= 0.6 is 23.4 Å². The number of aromatic nitrogens is 2. The quantitative estimate of drug-likeness (QED) is 0.324. The molecule has 0 spiro atoms. The number of fused-ring (bicyclic) bond motifs is 1. The fourth-order valence-electron chi connectivity index (χ4n) is 3.25. The Hall–Kier alpha value is -2.02. The second-order valence-corrected chi connectivity index (χ2v) is 8.12. The molecule has 0 N–H and O–H groups in total. The summed E-state index contributed by atoms with van der Waals surface area (Å²) >= 11 is 7.61. The molecule has 1 aliphatic rings. The highest BCUT2D eigenvalue weighted by molar-refractivity contribution is 7.99. The van der Waals surface area contributed by atoms with E-state index in [1.165, 1.54) is 11.8 Å². The van der Waals surface area contributed by atoms with E-state index in [0.29, 0.717) is 40.0 Å². The largest absolute Gasteiger partial charge is 0.493 e. The summed E-state index contributed by atoms with van der Waals surface area (Å²) in [5.41, 5.74) is 0.566. The van der Waals surface area contributed by atoms with Crippen molar-refractivity contribution in [3.05, 3.63) is 63.9 Å². The van der Waals surface area contributed by atoms with Crippen molar-refractivity contribution in [1.82, 2.24) is 9.55 Å². The van der Waals surface area contributed by atoms with Crippen LogP contribution in [-0.4, -0.2) is 34.6 Å². The minimum Gasteiger partial charge on any atom is -0.493 e. The molecule has 2 aromatic carbocycles. The molecule has 1 aromatic heterocycles. The molecule has 0 aliphatic carbocycles. The van der Waals surface area contributed by atoms with E-state index in [2.05, 4.69) is 0 Å². The molecule has 1 aliphatic heterocycles. The van der Waals surface area contributed by atoms with Crippen LogP contribution in [-0.2, 0) is 11.3 Å². The van der Waals surface area contributed by atoms with Gasteiger partial charge in [-0.1, -0.05) is 41.6 Å². The van der Waals surface area contributed by atoms with Crippen LogP contribution in [0.15, 0.2) is 58.5 Å². The number of thioether (sulfide) groups is 1. The van der Waals surface area contributed by atoms with Crippen molar-refractivity contribution in [2.24, 2.45) is 0 Å². The van der Waals surface area contributed by atoms with E-state index in [1.807, 2.05) is 30.3 Å². The first-order chi connectivity index (χ1) is 13.7. The molecular formula is C21H21ClN2O3S. The summed E-state index contributed by atoms with van der Waals surface area (Å²) in [5.74, 6) is 1.51. The molecule has 1 unspecified atom stereocenters. The maximum absolute atomic E-state index is 13.1. The molecule has 7 heteroatoms. The van der Waals surface area contributed by atoms with Gasteiger partial charge < -0.3 is 9.47 Å². The first kappa shape index (κ1) is 19.3. The number of benzene rings is 2. The number of ether oxygens (including phenoxy) is 2. The van der Waals surface area contributed by atoms with Gasteiger partial charge in [-0.3, -0.25) is 9.36 Å². The van der Waals surface area contributed by atoms with Gasteiger partial charge in [0.15, 0.2) is 5.16 Å². The average molecular weight is 417 g/mol. The SMILES string of the molecule is O=c1c2ccc(Cl)cc2nc(SCCOc2ccccc2)n1CC1CCCO1. The standard InChI is InChI=1S/C21H21ClN2O3S/c22-15-8-9-18-19(13-15)23-21(24(20(18)25)14-17-7-4-10-26-17)28-12-11-27-16-5-2-1-3-6-16/h1-3,5-6,8-9,13,17H,4,7,10-12,14H2. The molecular weight excluding hydrogens is 396 g/mol. The van der Waals surface area contributed by atoms with Crippen molar-refractivity contribution >= 4 is 34.3 Å². The van der Waals surface area contributed by atoms with E-state index < -0.39 is 0 Å². The van der Waals surface area contributed by atoms with Gasteiger partial charge in [0.1, 0.15) is 5.75 Å². The van der Waals surface area contributed by atoms with Crippen LogP contribution in [0.2, 0.25) is 5.02 Å². The predicted octanol–water partition coefficient (Wildman–Crippen LogP) is 4.40. The monoisotopic (exact) mass is 416 g/mol. The second kappa shape index (κ2) is 8.99. The van der Waals surface area contributed by atoms with Crippen LogP contribution in [0.4, 0.5) is 0 Å². The molecule has 2 heterocycles. The second-order valence-electron chi connectivity index (χ2n) is 6.62. The number of hydrogen-bond donors (Lipinski definition) is 0. The normalized spacial score (nSPS) is 16.5. The van der Waals surface area contributed by atoms with E-state index in [0.717, 1.165) is 25.2 Å². The molecule has 5 nitrogen and oxygen atoms in total. The summed E-state index contributed by atoms with van der Waals surface area (Å²) in [4.78, 5) is 17.8. The first-order valence-corrected chi connectivity index (χ1v) is 10.7. The summed E-state index contributed by atoms with van der Waals surface area (Å²) < 4.78 is 13.2. The molecule has 0 amide bonds. The van der Waals surface area contributed by atoms with E-state index in [-0.39, 0.29) is 11.7 Å². The third-order valence-corrected chi connectivity index (χ3v) is 5.79. The molecule has 1 fully saturated rings. The van der Waals surface area contributed by atoms with Gasteiger partial charge in [-0.25, -0.2) is 4.98 Å². The lowest BCUT2D eigenvalue weighted by Gasteiger charge is -2.16. The zero-order valence-corrected chi connectivity index (χ0v) is 16.9. The van der Waals surface area contributed by atoms with Crippen molar-refractivity contribution in [3.8, 4) is 5.75 Å². The number of halogens is 1. The average Bonchev–Trinajstić information content (AvgIpc) is 3.22. The van der Waals surface area contributed by atoms with Crippen LogP contribution in [0.1, 0.15) is 12.8 Å². The highest BCUT2D eigenvalue weighted by Gasteiger charge is 2.20. The van der Waals surface area contributed by atoms with Crippen LogP contribution < -0.4 is 10.3 Å². The Morgan fingerprint density at radius 2 is 2.11 bits per heavy atom. The third-order valence-electron chi connectivity index (χ3n) is 4.62. The highest BCUT2D eigenvalue weighted by Crippen LogP contribution is 2.23. The van der Waals surface area contributed by atoms with Gasteiger partial charge in [0.05, 0.1) is 30.2 Å². The molecule has 0 saturated carbocycles. The smallest absolute Gasteiger partial charge is 0.262 e. The van der Waals surface area contributed by atoms with Crippen LogP contribution in [0.5, 0.6) is 5.75 Å². The minimum atomic E-state index is -0.0522. The van der Waals surface area contributed by atoms with Gasteiger partial charge >= 0.3 is 0 Å². The predicted molar refractivity (Wildman–Crippen MR) is 113 cm³/mol. The van der Waals surface area contributed by atoms with Crippen LogP contribution in [0, 0.1) is 0 Å². The van der Waals surface area contributed by atoms with E-state index >= 15 is 0 Å². The Bertz CT molecular complexity index is 1000. The van der Waals surface area contributed by atoms with Gasteiger partial charge in [0.2, 0.25) is 0 Å². The molecule has 4 rings (SSSR count). The molecule has 1 atom stereocenters. The Labute approximate surface area is 172 Å². The lowest BCUT2D eigenvalue weighted by atomic mass is 10.2. The van der Waals surface area contributed by atoms with Crippen molar-refractivity contribution in [3.63, 3.8) is 0 Å². The Kier molecular flexibility index (Phi) is 6.20. The molecule has 28 heavy (non-hydrogen) atoms. The van der Waals surface area contributed by atoms with Crippen molar-refractivity contribution in [2.45, 2.75) is 30.6 Å². The highest BCUT2D eigenvalue weighted by atomic mass is 35.5. The first-order valence-electron chi connectivity index (χ1n) is 9.33. The van der Waals surface area contributed by atoms with Gasteiger partial charge in [-0.05, 0) is 43.2 Å².